The average Bonchev–Trinajstić information content (AvgIpc) is 3.03. The fourth-order valence-electron chi connectivity index (χ4n) is 1.43. The van der Waals surface area contributed by atoms with Gasteiger partial charge in [-0.15, -0.1) is 21.5 Å². The summed E-state index contributed by atoms with van der Waals surface area (Å²) < 4.78 is 5.49. The number of carbonyl (C=O) groups is 1. The zero-order valence-electron chi connectivity index (χ0n) is 10.2. The molecule has 0 spiro atoms. The van der Waals surface area contributed by atoms with Crippen LogP contribution < -0.4 is 5.32 Å². The summed E-state index contributed by atoms with van der Waals surface area (Å²) in [4.78, 5) is 12.4. The fourth-order valence-corrected chi connectivity index (χ4v) is 2.07. The van der Waals surface area contributed by atoms with Gasteiger partial charge in [-0.05, 0) is 17.9 Å². The van der Waals surface area contributed by atoms with Crippen LogP contribution in [-0.4, -0.2) is 22.6 Å². The van der Waals surface area contributed by atoms with Crippen molar-refractivity contribution in [2.45, 2.75) is 26.2 Å². The van der Waals surface area contributed by atoms with Crippen molar-refractivity contribution >= 4 is 17.2 Å². The summed E-state index contributed by atoms with van der Waals surface area (Å²) in [5.41, 5.74) is 0. The smallest absolute Gasteiger partial charge is 0.257 e. The molecule has 0 unspecified atom stereocenters. The Morgan fingerprint density at radius 3 is 3.11 bits per heavy atom. The molecule has 0 bridgehead atoms. The van der Waals surface area contributed by atoms with E-state index in [1.54, 1.807) is 11.3 Å². The van der Waals surface area contributed by atoms with Crippen LogP contribution in [0.3, 0.4) is 0 Å². The van der Waals surface area contributed by atoms with E-state index in [1.807, 2.05) is 24.4 Å². The third kappa shape index (κ3) is 3.40. The Kier molecular flexibility index (Phi) is 4.46. The molecule has 2 aromatic rings. The van der Waals surface area contributed by atoms with Crippen molar-refractivity contribution in [1.82, 2.24) is 15.5 Å². The molecule has 0 radical (unpaired) electrons. The average molecular weight is 265 g/mol. The van der Waals surface area contributed by atoms with Gasteiger partial charge in [0.15, 0.2) is 0 Å². The highest BCUT2D eigenvalue weighted by molar-refractivity contribution is 7.13. The highest BCUT2D eigenvalue weighted by Crippen LogP contribution is 2.23. The second-order valence-corrected chi connectivity index (χ2v) is 4.78. The second-order valence-electron chi connectivity index (χ2n) is 3.83. The fraction of sp³-hybridized carbons (Fsp3) is 0.417. The van der Waals surface area contributed by atoms with E-state index in [4.69, 9.17) is 4.42 Å². The second kappa shape index (κ2) is 6.30. The zero-order valence-corrected chi connectivity index (χ0v) is 11.0. The van der Waals surface area contributed by atoms with E-state index in [2.05, 4.69) is 15.5 Å². The molecule has 0 aliphatic rings. The summed E-state index contributed by atoms with van der Waals surface area (Å²) in [5, 5.41) is 12.7. The Balaban J connectivity index is 1.86. The molecular formula is C12H15N3O2S. The Bertz CT molecular complexity index is 493. The predicted molar refractivity (Wildman–Crippen MR) is 69.2 cm³/mol. The van der Waals surface area contributed by atoms with E-state index >= 15 is 0 Å². The van der Waals surface area contributed by atoms with Crippen molar-refractivity contribution in [3.05, 3.63) is 23.4 Å². The van der Waals surface area contributed by atoms with Gasteiger partial charge in [0.05, 0.1) is 4.88 Å². The molecule has 2 heterocycles. The minimum atomic E-state index is 0.0210. The molecule has 0 fully saturated rings. The van der Waals surface area contributed by atoms with Crippen LogP contribution in [0.4, 0.5) is 0 Å². The van der Waals surface area contributed by atoms with E-state index in [0.29, 0.717) is 31.2 Å². The summed E-state index contributed by atoms with van der Waals surface area (Å²) in [6, 6.07) is 3.86. The highest BCUT2D eigenvalue weighted by Gasteiger charge is 2.10. The van der Waals surface area contributed by atoms with Gasteiger partial charge in [-0.25, -0.2) is 0 Å². The number of thiophene rings is 1. The number of aryl methyl sites for hydroxylation is 1. The Hall–Kier alpha value is -1.69. The van der Waals surface area contributed by atoms with Gasteiger partial charge in [-0.3, -0.25) is 4.79 Å². The lowest BCUT2D eigenvalue weighted by Gasteiger charge is -2.00. The van der Waals surface area contributed by atoms with Crippen molar-refractivity contribution in [2.75, 3.05) is 6.54 Å². The number of hydrogen-bond acceptors (Lipinski definition) is 5. The van der Waals surface area contributed by atoms with Crippen molar-refractivity contribution in [3.63, 3.8) is 0 Å². The molecule has 0 atom stereocenters. The summed E-state index contributed by atoms with van der Waals surface area (Å²) in [6.07, 6.45) is 1.80. The molecule has 0 saturated carbocycles. The van der Waals surface area contributed by atoms with Crippen LogP contribution in [0.2, 0.25) is 0 Å². The van der Waals surface area contributed by atoms with Crippen molar-refractivity contribution in [3.8, 4) is 10.8 Å². The van der Waals surface area contributed by atoms with E-state index in [0.717, 1.165) is 11.3 Å². The van der Waals surface area contributed by atoms with Crippen molar-refractivity contribution in [2.24, 2.45) is 0 Å². The summed E-state index contributed by atoms with van der Waals surface area (Å²) in [7, 11) is 0. The molecule has 0 aromatic carbocycles. The number of hydrogen-bond donors (Lipinski definition) is 1. The van der Waals surface area contributed by atoms with E-state index in [-0.39, 0.29) is 5.91 Å². The van der Waals surface area contributed by atoms with E-state index in [9.17, 15) is 4.79 Å². The van der Waals surface area contributed by atoms with Crippen LogP contribution in [0.15, 0.2) is 21.9 Å². The normalized spacial score (nSPS) is 10.5. The quantitative estimate of drug-likeness (QED) is 0.870. The van der Waals surface area contributed by atoms with Gasteiger partial charge >= 0.3 is 0 Å². The zero-order chi connectivity index (χ0) is 12.8. The largest absolute Gasteiger partial charge is 0.420 e. The predicted octanol–water partition coefficient (Wildman–Crippen LogP) is 2.26. The topological polar surface area (TPSA) is 68.0 Å². The first-order valence-electron chi connectivity index (χ1n) is 5.92. The van der Waals surface area contributed by atoms with Crippen LogP contribution in [0.25, 0.3) is 10.8 Å². The molecule has 18 heavy (non-hydrogen) atoms. The third-order valence-corrected chi connectivity index (χ3v) is 3.19. The molecule has 2 aromatic heterocycles. The van der Waals surface area contributed by atoms with Crippen LogP contribution in [0.1, 0.15) is 25.7 Å². The number of nitrogens with one attached hydrogen (secondary N) is 1. The Morgan fingerprint density at radius 2 is 2.39 bits per heavy atom. The maximum Gasteiger partial charge on any atom is 0.257 e. The molecule has 6 heteroatoms. The van der Waals surface area contributed by atoms with Gasteiger partial charge in [0.1, 0.15) is 0 Å². The molecule has 5 nitrogen and oxygen atoms in total. The molecular weight excluding hydrogens is 250 g/mol. The first kappa shape index (κ1) is 12.8. The van der Waals surface area contributed by atoms with Gasteiger partial charge in [0, 0.05) is 19.4 Å². The highest BCUT2D eigenvalue weighted by atomic mass is 32.1. The van der Waals surface area contributed by atoms with Gasteiger partial charge < -0.3 is 9.73 Å². The third-order valence-electron chi connectivity index (χ3n) is 2.34. The lowest BCUT2D eigenvalue weighted by molar-refractivity contribution is -0.121. The molecule has 1 N–H and O–H groups in total. The minimum absolute atomic E-state index is 0.0210. The molecule has 0 aliphatic heterocycles. The first-order chi connectivity index (χ1) is 8.79. The molecule has 1 amide bonds. The number of aromatic nitrogens is 2. The molecule has 0 saturated heterocycles. The number of rotatable bonds is 6. The monoisotopic (exact) mass is 265 g/mol. The van der Waals surface area contributed by atoms with Crippen LogP contribution >= 0.6 is 11.3 Å². The first-order valence-corrected chi connectivity index (χ1v) is 6.80. The van der Waals surface area contributed by atoms with Crippen molar-refractivity contribution in [1.29, 1.82) is 0 Å². The van der Waals surface area contributed by atoms with Crippen molar-refractivity contribution < 1.29 is 9.21 Å². The van der Waals surface area contributed by atoms with Crippen LogP contribution in [0.5, 0.6) is 0 Å². The summed E-state index contributed by atoms with van der Waals surface area (Å²) in [6.45, 7) is 2.73. The maximum atomic E-state index is 11.4. The maximum absolute atomic E-state index is 11.4. The summed E-state index contributed by atoms with van der Waals surface area (Å²) >= 11 is 1.55. The standard InChI is InChI=1S/C12H15N3O2S/c1-2-7-13-10(16)5-6-11-14-15-12(17-11)9-4-3-8-18-9/h3-4,8H,2,5-7H2,1H3,(H,13,16). The van der Waals surface area contributed by atoms with E-state index < -0.39 is 0 Å². The Morgan fingerprint density at radius 1 is 1.50 bits per heavy atom. The number of amides is 1. The number of nitrogens with zero attached hydrogens (tertiary/aromatic N) is 2. The molecule has 0 aliphatic carbocycles. The van der Waals surface area contributed by atoms with Gasteiger partial charge in [0.2, 0.25) is 11.8 Å². The van der Waals surface area contributed by atoms with Gasteiger partial charge in [-0.2, -0.15) is 0 Å². The van der Waals surface area contributed by atoms with E-state index in [1.165, 1.54) is 0 Å². The molecule has 96 valence electrons. The molecule has 2 rings (SSSR count). The van der Waals surface area contributed by atoms with Crippen LogP contribution in [-0.2, 0) is 11.2 Å². The van der Waals surface area contributed by atoms with Crippen LogP contribution in [0, 0.1) is 0 Å². The van der Waals surface area contributed by atoms with Gasteiger partial charge in [0.25, 0.3) is 5.89 Å². The SMILES string of the molecule is CCCNC(=O)CCc1nnc(-c2cccs2)o1. The van der Waals surface area contributed by atoms with Gasteiger partial charge in [-0.1, -0.05) is 13.0 Å². The lowest BCUT2D eigenvalue weighted by Crippen LogP contribution is -2.24. The summed E-state index contributed by atoms with van der Waals surface area (Å²) in [5.74, 6) is 1.05. The minimum Gasteiger partial charge on any atom is -0.420 e. The lowest BCUT2D eigenvalue weighted by atomic mass is 10.3. The Labute approximate surface area is 109 Å². The number of carbonyl (C=O) groups excluding carboxylic acids is 1.